The molecule has 0 radical (unpaired) electrons. The number of aryl methyl sites for hydroxylation is 1. The third-order valence-electron chi connectivity index (χ3n) is 5.54. The van der Waals surface area contributed by atoms with E-state index >= 15 is 0 Å². The second kappa shape index (κ2) is 7.81. The van der Waals surface area contributed by atoms with Gasteiger partial charge in [0.25, 0.3) is 0 Å². The second-order valence-corrected chi connectivity index (χ2v) is 7.51. The lowest BCUT2D eigenvalue weighted by molar-refractivity contribution is -0.137. The van der Waals surface area contributed by atoms with E-state index in [9.17, 15) is 23.1 Å². The van der Waals surface area contributed by atoms with E-state index in [4.69, 9.17) is 4.42 Å². The Hall–Kier alpha value is -2.78. The number of oxazole rings is 1. The molecule has 6 nitrogen and oxygen atoms in total. The molecule has 30 heavy (non-hydrogen) atoms. The molecule has 1 N–H and O–H groups in total. The van der Waals surface area contributed by atoms with Gasteiger partial charge in [-0.15, -0.1) is 0 Å². The minimum atomic E-state index is -4.36. The van der Waals surface area contributed by atoms with Gasteiger partial charge < -0.3 is 14.4 Å². The van der Waals surface area contributed by atoms with Crippen LogP contribution in [-0.2, 0) is 13.2 Å². The van der Waals surface area contributed by atoms with E-state index in [1.807, 2.05) is 4.90 Å². The molecule has 1 unspecified atom stereocenters. The van der Waals surface area contributed by atoms with Crippen LogP contribution >= 0.6 is 0 Å². The Morgan fingerprint density at radius 1 is 1.10 bits per heavy atom. The number of aliphatic hydroxyl groups excluding tert-OH is 1. The van der Waals surface area contributed by atoms with Gasteiger partial charge in [0.05, 0.1) is 17.2 Å². The Morgan fingerprint density at radius 3 is 2.53 bits per heavy atom. The summed E-state index contributed by atoms with van der Waals surface area (Å²) in [7, 11) is 1.62. The lowest BCUT2D eigenvalue weighted by atomic mass is 10.1. The van der Waals surface area contributed by atoms with Crippen LogP contribution in [0.3, 0.4) is 0 Å². The van der Waals surface area contributed by atoms with Crippen molar-refractivity contribution in [1.29, 1.82) is 0 Å². The molecule has 9 heteroatoms. The van der Waals surface area contributed by atoms with Crippen LogP contribution in [0.15, 0.2) is 51.7 Å². The van der Waals surface area contributed by atoms with Crippen LogP contribution in [-0.4, -0.2) is 47.3 Å². The fourth-order valence-corrected chi connectivity index (χ4v) is 3.78. The standard InChI is InChI=1S/C21H22F3N3O3/c1-25-17-6-5-14(11-19(17)30-20(25)29)18(28)13-26-7-9-27(10-8-26)16-4-2-3-15(12-16)21(22,23)24/h2-6,11-12,18,28H,7-10,13H2,1H3. The lowest BCUT2D eigenvalue weighted by Gasteiger charge is -2.37. The molecule has 2 aromatic carbocycles. The average Bonchev–Trinajstić information content (AvgIpc) is 3.01. The Morgan fingerprint density at radius 2 is 1.83 bits per heavy atom. The Bertz CT molecular complexity index is 1100. The zero-order valence-corrected chi connectivity index (χ0v) is 16.4. The zero-order chi connectivity index (χ0) is 21.5. The van der Waals surface area contributed by atoms with Crippen molar-refractivity contribution in [1.82, 2.24) is 9.47 Å². The molecule has 0 spiro atoms. The highest BCUT2D eigenvalue weighted by molar-refractivity contribution is 5.73. The Kier molecular flexibility index (Phi) is 5.33. The molecule has 1 aliphatic heterocycles. The fraction of sp³-hybridized carbons (Fsp3) is 0.381. The van der Waals surface area contributed by atoms with Crippen molar-refractivity contribution in [2.75, 3.05) is 37.6 Å². The van der Waals surface area contributed by atoms with Gasteiger partial charge in [-0.1, -0.05) is 12.1 Å². The number of fused-ring (bicyclic) bond motifs is 1. The Balaban J connectivity index is 1.38. The first-order chi connectivity index (χ1) is 14.2. The number of hydrogen-bond acceptors (Lipinski definition) is 5. The van der Waals surface area contributed by atoms with Crippen molar-refractivity contribution in [3.63, 3.8) is 0 Å². The maximum absolute atomic E-state index is 12.9. The van der Waals surface area contributed by atoms with E-state index < -0.39 is 23.6 Å². The minimum Gasteiger partial charge on any atom is -0.408 e. The molecule has 1 atom stereocenters. The highest BCUT2D eigenvalue weighted by atomic mass is 19.4. The molecule has 160 valence electrons. The van der Waals surface area contributed by atoms with Crippen LogP contribution < -0.4 is 10.7 Å². The first-order valence-corrected chi connectivity index (χ1v) is 9.64. The Labute approximate surface area is 170 Å². The quantitative estimate of drug-likeness (QED) is 0.702. The topological polar surface area (TPSA) is 61.9 Å². The summed E-state index contributed by atoms with van der Waals surface area (Å²) in [5.74, 6) is -0.456. The monoisotopic (exact) mass is 421 g/mol. The van der Waals surface area contributed by atoms with E-state index in [1.54, 1.807) is 31.3 Å². The average molecular weight is 421 g/mol. The maximum atomic E-state index is 12.9. The van der Waals surface area contributed by atoms with Crippen LogP contribution in [0.5, 0.6) is 0 Å². The van der Waals surface area contributed by atoms with Crippen LogP contribution in [0.2, 0.25) is 0 Å². The first kappa shape index (κ1) is 20.5. The smallest absolute Gasteiger partial charge is 0.408 e. The number of nitrogens with zero attached hydrogens (tertiary/aromatic N) is 3. The minimum absolute atomic E-state index is 0.388. The first-order valence-electron chi connectivity index (χ1n) is 9.64. The number of aliphatic hydroxyl groups is 1. The highest BCUT2D eigenvalue weighted by Gasteiger charge is 2.31. The van der Waals surface area contributed by atoms with Crippen LogP contribution in [0.1, 0.15) is 17.2 Å². The zero-order valence-electron chi connectivity index (χ0n) is 16.4. The summed E-state index contributed by atoms with van der Waals surface area (Å²) in [6.45, 7) is 2.77. The van der Waals surface area contributed by atoms with Crippen molar-refractivity contribution in [3.05, 3.63) is 64.1 Å². The SMILES string of the molecule is Cn1c(=O)oc2cc(C(O)CN3CCN(c4cccc(C(F)(F)F)c4)CC3)ccc21. The van der Waals surface area contributed by atoms with Crippen molar-refractivity contribution >= 4 is 16.8 Å². The molecule has 4 rings (SSSR count). The summed E-state index contributed by atoms with van der Waals surface area (Å²) < 4.78 is 45.4. The molecule has 1 fully saturated rings. The van der Waals surface area contributed by atoms with E-state index in [0.717, 1.165) is 6.07 Å². The number of alkyl halides is 3. The second-order valence-electron chi connectivity index (χ2n) is 7.51. The molecular weight excluding hydrogens is 399 g/mol. The molecule has 1 aliphatic rings. The van der Waals surface area contributed by atoms with Gasteiger partial charge >= 0.3 is 11.9 Å². The summed E-state index contributed by atoms with van der Waals surface area (Å²) in [6.07, 6.45) is -5.12. The van der Waals surface area contributed by atoms with Gasteiger partial charge in [0.2, 0.25) is 0 Å². The molecule has 0 saturated carbocycles. The summed E-state index contributed by atoms with van der Waals surface area (Å²) in [5, 5.41) is 10.6. The number of benzene rings is 2. The molecule has 0 bridgehead atoms. The molecule has 1 saturated heterocycles. The van der Waals surface area contributed by atoms with E-state index in [1.165, 1.54) is 16.7 Å². The van der Waals surface area contributed by atoms with Crippen LogP contribution in [0, 0.1) is 0 Å². The number of piperazine rings is 1. The normalized spacial score (nSPS) is 16.9. The molecule has 0 aliphatic carbocycles. The number of β-amino-alcohol motifs (C(OH)–C–C–N with tert-alkyl or cyclic N) is 1. The predicted octanol–water partition coefficient (Wildman–Crippen LogP) is 3.01. The highest BCUT2D eigenvalue weighted by Crippen LogP contribution is 2.32. The molecular formula is C21H22F3N3O3. The molecule has 3 aromatic rings. The number of rotatable bonds is 4. The summed E-state index contributed by atoms with van der Waals surface area (Å²) >= 11 is 0. The van der Waals surface area contributed by atoms with Crippen molar-refractivity contribution in [3.8, 4) is 0 Å². The van der Waals surface area contributed by atoms with Gasteiger partial charge in [0, 0.05) is 45.5 Å². The van der Waals surface area contributed by atoms with E-state index in [0.29, 0.717) is 55.1 Å². The summed E-state index contributed by atoms with van der Waals surface area (Å²) in [4.78, 5) is 15.6. The fourth-order valence-electron chi connectivity index (χ4n) is 3.78. The lowest BCUT2D eigenvalue weighted by Crippen LogP contribution is -2.47. The molecule has 2 heterocycles. The van der Waals surface area contributed by atoms with Crippen molar-refractivity contribution in [2.45, 2.75) is 12.3 Å². The van der Waals surface area contributed by atoms with Gasteiger partial charge in [-0.3, -0.25) is 9.47 Å². The van der Waals surface area contributed by atoms with Crippen molar-refractivity contribution in [2.24, 2.45) is 7.05 Å². The predicted molar refractivity (Wildman–Crippen MR) is 107 cm³/mol. The van der Waals surface area contributed by atoms with Gasteiger partial charge in [-0.2, -0.15) is 13.2 Å². The summed E-state index contributed by atoms with van der Waals surface area (Å²) in [5.41, 5.74) is 1.63. The third kappa shape index (κ3) is 4.08. The number of aromatic nitrogens is 1. The van der Waals surface area contributed by atoms with Gasteiger partial charge in [-0.05, 0) is 35.9 Å². The van der Waals surface area contributed by atoms with Gasteiger partial charge in [0.1, 0.15) is 0 Å². The number of hydrogen-bond donors (Lipinski definition) is 1. The van der Waals surface area contributed by atoms with E-state index in [-0.39, 0.29) is 0 Å². The summed E-state index contributed by atoms with van der Waals surface area (Å²) in [6, 6.07) is 10.5. The van der Waals surface area contributed by atoms with Crippen molar-refractivity contribution < 1.29 is 22.7 Å². The number of halogens is 3. The number of anilines is 1. The molecule has 0 amide bonds. The van der Waals surface area contributed by atoms with Gasteiger partial charge in [-0.25, -0.2) is 4.79 Å². The van der Waals surface area contributed by atoms with Crippen LogP contribution in [0.25, 0.3) is 11.1 Å². The maximum Gasteiger partial charge on any atom is 0.419 e. The van der Waals surface area contributed by atoms with Gasteiger partial charge in [0.15, 0.2) is 5.58 Å². The van der Waals surface area contributed by atoms with E-state index in [2.05, 4.69) is 4.90 Å². The largest absolute Gasteiger partial charge is 0.419 e. The molecule has 1 aromatic heterocycles. The van der Waals surface area contributed by atoms with Crippen LogP contribution in [0.4, 0.5) is 18.9 Å². The third-order valence-corrected chi connectivity index (χ3v) is 5.54.